The van der Waals surface area contributed by atoms with Gasteiger partial charge in [0.2, 0.25) is 6.29 Å². The number of carbonyl (C=O) groups excluding carboxylic acids is 1. The standard InChI is InChI=1S/C21H26N4O6S/c26-8-1-2-9-30-20-12-16(15-5-10-32-14-15)11-18(31-20)21(27)23-7-6-22-19-4-3-17(13-24-19)25(28)29/h3-5,10-11,13-14,16,20,26H,1-2,6-9,12H2,(H,22,24)(H,23,27)/t16-,20+/m1/s1. The molecule has 0 radical (unpaired) electrons. The molecule has 2 aromatic rings. The molecule has 0 aromatic carbocycles. The van der Waals surface area contributed by atoms with E-state index in [1.807, 2.05) is 22.9 Å². The molecule has 3 N–H and O–H groups in total. The zero-order chi connectivity index (χ0) is 22.8. The minimum atomic E-state index is -0.535. The number of allylic oxidation sites excluding steroid dienone is 1. The van der Waals surface area contributed by atoms with Crippen LogP contribution in [-0.4, -0.2) is 53.5 Å². The highest BCUT2D eigenvalue weighted by atomic mass is 32.1. The molecule has 1 aliphatic rings. The van der Waals surface area contributed by atoms with Crippen LogP contribution in [0, 0.1) is 10.1 Å². The second-order valence-electron chi connectivity index (χ2n) is 7.12. The van der Waals surface area contributed by atoms with Crippen molar-refractivity contribution in [1.82, 2.24) is 10.3 Å². The summed E-state index contributed by atoms with van der Waals surface area (Å²) in [7, 11) is 0. The van der Waals surface area contributed by atoms with Gasteiger partial charge in [0.15, 0.2) is 5.76 Å². The number of nitrogens with zero attached hydrogens (tertiary/aromatic N) is 2. The largest absolute Gasteiger partial charge is 0.459 e. The molecule has 172 valence electrons. The highest BCUT2D eigenvalue weighted by molar-refractivity contribution is 7.08. The van der Waals surface area contributed by atoms with Crippen molar-refractivity contribution in [3.05, 3.63) is 62.7 Å². The summed E-state index contributed by atoms with van der Waals surface area (Å²) in [6.07, 6.45) is 4.43. The average Bonchev–Trinajstić information content (AvgIpc) is 3.35. The van der Waals surface area contributed by atoms with E-state index in [0.717, 1.165) is 5.56 Å². The van der Waals surface area contributed by atoms with E-state index in [9.17, 15) is 14.9 Å². The Morgan fingerprint density at radius 1 is 1.34 bits per heavy atom. The predicted octanol–water partition coefficient (Wildman–Crippen LogP) is 2.78. The van der Waals surface area contributed by atoms with Crippen LogP contribution in [0.3, 0.4) is 0 Å². The average molecular weight is 463 g/mol. The van der Waals surface area contributed by atoms with Crippen molar-refractivity contribution in [3.63, 3.8) is 0 Å². The Balaban J connectivity index is 1.51. The van der Waals surface area contributed by atoms with Gasteiger partial charge in [-0.2, -0.15) is 11.3 Å². The number of aliphatic hydroxyl groups is 1. The minimum absolute atomic E-state index is 0.0148. The molecule has 3 rings (SSSR count). The maximum atomic E-state index is 12.7. The Bertz CT molecular complexity index is 904. The molecule has 3 heterocycles. The number of nitrogens with one attached hydrogen (secondary N) is 2. The third kappa shape index (κ3) is 7.01. The Labute approximate surface area is 189 Å². The first-order valence-corrected chi connectivity index (χ1v) is 11.3. The Morgan fingerprint density at radius 2 is 2.22 bits per heavy atom. The van der Waals surface area contributed by atoms with E-state index in [-0.39, 0.29) is 29.9 Å². The van der Waals surface area contributed by atoms with Crippen molar-refractivity contribution in [2.45, 2.75) is 31.5 Å². The number of ether oxygens (including phenoxy) is 2. The zero-order valence-electron chi connectivity index (χ0n) is 17.4. The van der Waals surface area contributed by atoms with Gasteiger partial charge in [-0.15, -0.1) is 0 Å². The maximum absolute atomic E-state index is 12.7. The number of amides is 1. The fraction of sp³-hybridized carbons (Fsp3) is 0.429. The molecular formula is C21H26N4O6S. The van der Waals surface area contributed by atoms with E-state index >= 15 is 0 Å². The number of aliphatic hydroxyl groups excluding tert-OH is 1. The molecule has 0 aliphatic carbocycles. The second-order valence-corrected chi connectivity index (χ2v) is 7.90. The smallest absolute Gasteiger partial charge is 0.287 e. The van der Waals surface area contributed by atoms with E-state index in [1.54, 1.807) is 11.3 Å². The number of pyridine rings is 1. The van der Waals surface area contributed by atoms with Gasteiger partial charge >= 0.3 is 0 Å². The predicted molar refractivity (Wildman–Crippen MR) is 119 cm³/mol. The van der Waals surface area contributed by atoms with Crippen LogP contribution in [0.15, 0.2) is 47.0 Å². The van der Waals surface area contributed by atoms with E-state index in [4.69, 9.17) is 14.6 Å². The Morgan fingerprint density at radius 3 is 2.91 bits per heavy atom. The number of hydrogen-bond donors (Lipinski definition) is 3. The summed E-state index contributed by atoms with van der Waals surface area (Å²) in [4.78, 5) is 26.8. The molecular weight excluding hydrogens is 436 g/mol. The number of unbranched alkanes of at least 4 members (excludes halogenated alkanes) is 1. The van der Waals surface area contributed by atoms with E-state index in [2.05, 4.69) is 15.6 Å². The molecule has 0 unspecified atom stereocenters. The molecule has 2 aromatic heterocycles. The minimum Gasteiger partial charge on any atom is -0.459 e. The summed E-state index contributed by atoms with van der Waals surface area (Å²) >= 11 is 1.59. The number of rotatable bonds is 12. The monoisotopic (exact) mass is 462 g/mol. The number of thiophene rings is 1. The third-order valence-corrected chi connectivity index (χ3v) is 5.49. The zero-order valence-corrected chi connectivity index (χ0v) is 18.3. The second kappa shape index (κ2) is 12.1. The van der Waals surface area contributed by atoms with Gasteiger partial charge < -0.3 is 25.2 Å². The quantitative estimate of drug-likeness (QED) is 0.249. The maximum Gasteiger partial charge on any atom is 0.287 e. The summed E-state index contributed by atoms with van der Waals surface area (Å²) in [5.41, 5.74) is 1.03. The molecule has 0 bridgehead atoms. The summed E-state index contributed by atoms with van der Waals surface area (Å²) in [5, 5.41) is 29.4. The fourth-order valence-electron chi connectivity index (χ4n) is 3.12. The van der Waals surface area contributed by atoms with Crippen LogP contribution in [0.1, 0.15) is 30.7 Å². The van der Waals surface area contributed by atoms with Crippen LogP contribution < -0.4 is 10.6 Å². The molecule has 0 saturated carbocycles. The van der Waals surface area contributed by atoms with Gasteiger partial charge in [-0.3, -0.25) is 14.9 Å². The van der Waals surface area contributed by atoms with Gasteiger partial charge in [-0.25, -0.2) is 4.98 Å². The summed E-state index contributed by atoms with van der Waals surface area (Å²) in [6, 6.07) is 4.90. The lowest BCUT2D eigenvalue weighted by molar-refractivity contribution is -0.385. The van der Waals surface area contributed by atoms with E-state index < -0.39 is 11.2 Å². The lowest BCUT2D eigenvalue weighted by Gasteiger charge is -2.29. The number of hydrogen-bond acceptors (Lipinski definition) is 9. The van der Waals surface area contributed by atoms with Gasteiger partial charge in [-0.1, -0.05) is 0 Å². The molecule has 1 amide bonds. The van der Waals surface area contributed by atoms with Crippen LogP contribution in [0.2, 0.25) is 0 Å². The lowest BCUT2D eigenvalue weighted by atomic mass is 9.95. The first-order chi connectivity index (χ1) is 15.6. The SMILES string of the molecule is O=C(NCCNc1ccc([N+](=O)[O-])cn1)C1=C[C@@H](c2ccsc2)C[C@@H](OCCCCO)O1. The van der Waals surface area contributed by atoms with Crippen molar-refractivity contribution < 1.29 is 24.3 Å². The van der Waals surface area contributed by atoms with Crippen LogP contribution >= 0.6 is 11.3 Å². The molecule has 0 spiro atoms. The van der Waals surface area contributed by atoms with Crippen LogP contribution in [0.5, 0.6) is 0 Å². The third-order valence-electron chi connectivity index (χ3n) is 4.78. The van der Waals surface area contributed by atoms with Gasteiger partial charge in [0.25, 0.3) is 11.6 Å². The van der Waals surface area contributed by atoms with Crippen molar-refractivity contribution in [3.8, 4) is 0 Å². The van der Waals surface area contributed by atoms with Crippen molar-refractivity contribution in [2.75, 3.05) is 31.6 Å². The molecule has 10 nitrogen and oxygen atoms in total. The van der Waals surface area contributed by atoms with Crippen molar-refractivity contribution in [2.24, 2.45) is 0 Å². The number of carbonyl (C=O) groups is 1. The number of nitro groups is 1. The summed E-state index contributed by atoms with van der Waals surface area (Å²) in [6.45, 7) is 1.26. The van der Waals surface area contributed by atoms with Crippen LogP contribution in [0.4, 0.5) is 11.5 Å². The number of aromatic nitrogens is 1. The first-order valence-electron chi connectivity index (χ1n) is 10.3. The van der Waals surface area contributed by atoms with Gasteiger partial charge in [-0.05, 0) is 47.4 Å². The summed E-state index contributed by atoms with van der Waals surface area (Å²) in [5.74, 6) is 0.369. The Kier molecular flexibility index (Phi) is 8.96. The molecule has 32 heavy (non-hydrogen) atoms. The van der Waals surface area contributed by atoms with Gasteiger partial charge in [0.1, 0.15) is 12.0 Å². The van der Waals surface area contributed by atoms with E-state index in [1.165, 1.54) is 18.3 Å². The highest BCUT2D eigenvalue weighted by Gasteiger charge is 2.28. The molecule has 1 aliphatic heterocycles. The first kappa shape index (κ1) is 23.6. The summed E-state index contributed by atoms with van der Waals surface area (Å²) < 4.78 is 11.6. The normalized spacial score (nSPS) is 17.8. The van der Waals surface area contributed by atoms with Crippen LogP contribution in [-0.2, 0) is 14.3 Å². The topological polar surface area (TPSA) is 136 Å². The fourth-order valence-corrected chi connectivity index (χ4v) is 3.84. The van der Waals surface area contributed by atoms with Crippen molar-refractivity contribution in [1.29, 1.82) is 0 Å². The van der Waals surface area contributed by atoms with Crippen molar-refractivity contribution >= 4 is 28.7 Å². The molecule has 0 saturated heterocycles. The molecule has 11 heteroatoms. The highest BCUT2D eigenvalue weighted by Crippen LogP contribution is 2.32. The molecule has 2 atom stereocenters. The Hall–Kier alpha value is -3.02. The number of anilines is 1. The van der Waals surface area contributed by atoms with E-state index in [0.29, 0.717) is 44.8 Å². The van der Waals surface area contributed by atoms with Gasteiger partial charge in [0.05, 0.1) is 11.5 Å². The van der Waals surface area contributed by atoms with Crippen LogP contribution in [0.25, 0.3) is 0 Å². The lowest BCUT2D eigenvalue weighted by Crippen LogP contribution is -2.35. The van der Waals surface area contributed by atoms with Gasteiger partial charge in [0, 0.05) is 38.1 Å². The molecule has 0 fully saturated rings.